The zero-order chi connectivity index (χ0) is 14.5. The molecular formula is C18H23NS. The predicted octanol–water partition coefficient (Wildman–Crippen LogP) is 4.89. The van der Waals surface area contributed by atoms with Crippen LogP contribution in [0.2, 0.25) is 0 Å². The van der Waals surface area contributed by atoms with Crippen molar-refractivity contribution < 1.29 is 0 Å². The Balaban J connectivity index is 2.68. The van der Waals surface area contributed by atoms with E-state index in [4.69, 9.17) is 0 Å². The fourth-order valence-corrected chi connectivity index (χ4v) is 3.90. The molecule has 2 rings (SSSR count). The van der Waals surface area contributed by atoms with Crippen molar-refractivity contribution >= 4 is 11.8 Å². The second-order valence-electron chi connectivity index (χ2n) is 4.87. The van der Waals surface area contributed by atoms with Crippen molar-refractivity contribution in [1.82, 2.24) is 5.32 Å². The Labute approximate surface area is 126 Å². The normalized spacial score (nSPS) is 24.5. The first-order valence-corrected chi connectivity index (χ1v) is 8.01. The van der Waals surface area contributed by atoms with Crippen LogP contribution in [0, 0.1) is 0 Å². The number of allylic oxidation sites excluding steroid dienone is 7. The summed E-state index contributed by atoms with van der Waals surface area (Å²) in [5.41, 5.74) is 5.55. The Morgan fingerprint density at radius 1 is 1.05 bits per heavy atom. The van der Waals surface area contributed by atoms with Crippen LogP contribution in [-0.4, -0.2) is 13.1 Å². The lowest BCUT2D eigenvalue weighted by Crippen LogP contribution is -2.24. The first-order valence-electron chi connectivity index (χ1n) is 7.20. The van der Waals surface area contributed by atoms with E-state index in [0.717, 1.165) is 25.9 Å². The molecule has 0 aromatic heterocycles. The molecule has 2 heteroatoms. The van der Waals surface area contributed by atoms with Gasteiger partial charge in [0.1, 0.15) is 0 Å². The SMILES string of the molecule is C=CC1=C(C=C)C(=C2CCNCC2)C(=C/C)/C(=C\C)S1. The number of rotatable bonds is 2. The number of hydrogen-bond donors (Lipinski definition) is 1. The van der Waals surface area contributed by atoms with Gasteiger partial charge < -0.3 is 5.32 Å². The molecule has 20 heavy (non-hydrogen) atoms. The van der Waals surface area contributed by atoms with Crippen molar-refractivity contribution in [2.45, 2.75) is 26.7 Å². The minimum Gasteiger partial charge on any atom is -0.316 e. The Morgan fingerprint density at radius 2 is 1.75 bits per heavy atom. The zero-order valence-electron chi connectivity index (χ0n) is 12.5. The molecule has 0 bridgehead atoms. The van der Waals surface area contributed by atoms with E-state index in [0.29, 0.717) is 0 Å². The predicted molar refractivity (Wildman–Crippen MR) is 91.7 cm³/mol. The van der Waals surface area contributed by atoms with Crippen molar-refractivity contribution in [3.8, 4) is 0 Å². The van der Waals surface area contributed by atoms with E-state index < -0.39 is 0 Å². The molecule has 0 unspecified atom stereocenters. The van der Waals surface area contributed by atoms with Gasteiger partial charge in [0.25, 0.3) is 0 Å². The average molecular weight is 285 g/mol. The fourth-order valence-electron chi connectivity index (χ4n) is 2.83. The third-order valence-corrected chi connectivity index (χ3v) is 5.07. The zero-order valence-corrected chi connectivity index (χ0v) is 13.3. The van der Waals surface area contributed by atoms with Crippen LogP contribution in [-0.2, 0) is 0 Å². The minimum absolute atomic E-state index is 1.07. The van der Waals surface area contributed by atoms with E-state index in [1.165, 1.54) is 26.5 Å². The van der Waals surface area contributed by atoms with Crippen molar-refractivity contribution in [1.29, 1.82) is 0 Å². The summed E-state index contributed by atoms with van der Waals surface area (Å²) in [6.07, 6.45) is 10.6. The highest BCUT2D eigenvalue weighted by Crippen LogP contribution is 2.47. The lowest BCUT2D eigenvalue weighted by atomic mass is 9.87. The van der Waals surface area contributed by atoms with Gasteiger partial charge in [-0.2, -0.15) is 0 Å². The van der Waals surface area contributed by atoms with Crippen molar-refractivity contribution in [3.63, 3.8) is 0 Å². The van der Waals surface area contributed by atoms with Gasteiger partial charge in [-0.1, -0.05) is 54.8 Å². The van der Waals surface area contributed by atoms with Gasteiger partial charge in [0, 0.05) is 9.81 Å². The van der Waals surface area contributed by atoms with Crippen LogP contribution in [0.4, 0.5) is 0 Å². The molecule has 0 aromatic rings. The molecule has 0 amide bonds. The average Bonchev–Trinajstić information content (AvgIpc) is 2.53. The maximum atomic E-state index is 4.03. The Morgan fingerprint density at radius 3 is 2.25 bits per heavy atom. The number of nitrogens with one attached hydrogen (secondary N) is 1. The molecule has 1 nitrogen and oxygen atoms in total. The third kappa shape index (κ3) is 2.77. The second-order valence-corrected chi connectivity index (χ2v) is 5.96. The molecule has 2 heterocycles. The summed E-state index contributed by atoms with van der Waals surface area (Å²) in [4.78, 5) is 2.55. The lowest BCUT2D eigenvalue weighted by Gasteiger charge is -2.29. The standard InChI is InChI=1S/C18H23NS/c1-5-14-16(7-3)20-17(8-4)15(6-2)18(14)13-9-11-19-12-10-13/h5-8,19H,1,3,9-12H2,2,4H3/b15-6+,17-8+. The summed E-state index contributed by atoms with van der Waals surface area (Å²) in [5.74, 6) is 0. The number of hydrogen-bond acceptors (Lipinski definition) is 2. The molecule has 0 aliphatic carbocycles. The molecule has 2 aliphatic rings. The van der Waals surface area contributed by atoms with Crippen LogP contribution < -0.4 is 5.32 Å². The monoisotopic (exact) mass is 285 g/mol. The van der Waals surface area contributed by atoms with Crippen LogP contribution in [0.15, 0.2) is 69.6 Å². The van der Waals surface area contributed by atoms with Gasteiger partial charge in [-0.05, 0) is 56.5 Å². The van der Waals surface area contributed by atoms with Crippen molar-refractivity contribution in [2.24, 2.45) is 0 Å². The van der Waals surface area contributed by atoms with Crippen molar-refractivity contribution in [3.05, 3.63) is 69.6 Å². The van der Waals surface area contributed by atoms with Gasteiger partial charge >= 0.3 is 0 Å². The molecular weight excluding hydrogens is 262 g/mol. The lowest BCUT2D eigenvalue weighted by molar-refractivity contribution is 0.606. The molecule has 0 atom stereocenters. The van der Waals surface area contributed by atoms with E-state index in [9.17, 15) is 0 Å². The first kappa shape index (κ1) is 15.1. The van der Waals surface area contributed by atoms with Gasteiger partial charge in [-0.3, -0.25) is 0 Å². The summed E-state index contributed by atoms with van der Waals surface area (Å²) < 4.78 is 0. The third-order valence-electron chi connectivity index (χ3n) is 3.79. The van der Waals surface area contributed by atoms with Crippen LogP contribution in [0.1, 0.15) is 26.7 Å². The maximum Gasteiger partial charge on any atom is 0.0195 e. The van der Waals surface area contributed by atoms with Gasteiger partial charge in [-0.25, -0.2) is 0 Å². The van der Waals surface area contributed by atoms with E-state index >= 15 is 0 Å². The van der Waals surface area contributed by atoms with Crippen LogP contribution in [0.5, 0.6) is 0 Å². The molecule has 0 radical (unpaired) electrons. The summed E-state index contributed by atoms with van der Waals surface area (Å²) in [5, 5.41) is 3.43. The Bertz CT molecular complexity index is 536. The van der Waals surface area contributed by atoms with Crippen LogP contribution >= 0.6 is 11.8 Å². The van der Waals surface area contributed by atoms with Crippen molar-refractivity contribution in [2.75, 3.05) is 13.1 Å². The van der Waals surface area contributed by atoms with Gasteiger partial charge in [0.05, 0.1) is 0 Å². The largest absolute Gasteiger partial charge is 0.316 e. The number of piperidine rings is 1. The number of thioether (sulfide) groups is 1. The maximum absolute atomic E-state index is 4.03. The summed E-state index contributed by atoms with van der Waals surface area (Å²) in [6, 6.07) is 0. The van der Waals surface area contributed by atoms with Gasteiger partial charge in [-0.15, -0.1) is 0 Å². The van der Waals surface area contributed by atoms with E-state index in [1.807, 2.05) is 12.2 Å². The smallest absolute Gasteiger partial charge is 0.0195 e. The highest BCUT2D eigenvalue weighted by Gasteiger charge is 2.25. The van der Waals surface area contributed by atoms with E-state index in [-0.39, 0.29) is 0 Å². The molecule has 2 aliphatic heterocycles. The first-order chi connectivity index (χ1) is 9.76. The molecule has 1 N–H and O–H groups in total. The van der Waals surface area contributed by atoms with Gasteiger partial charge in [0.2, 0.25) is 0 Å². The van der Waals surface area contributed by atoms with Crippen LogP contribution in [0.25, 0.3) is 0 Å². The van der Waals surface area contributed by atoms with Gasteiger partial charge in [0.15, 0.2) is 0 Å². The highest BCUT2D eigenvalue weighted by atomic mass is 32.2. The van der Waals surface area contributed by atoms with E-state index in [2.05, 4.69) is 44.5 Å². The topological polar surface area (TPSA) is 12.0 Å². The molecule has 0 aromatic carbocycles. The summed E-state index contributed by atoms with van der Waals surface area (Å²) in [6.45, 7) is 14.4. The fraction of sp³-hybridized carbons (Fsp3) is 0.333. The summed E-state index contributed by atoms with van der Waals surface area (Å²) in [7, 11) is 0. The molecule has 0 saturated carbocycles. The van der Waals surface area contributed by atoms with Crippen LogP contribution in [0.3, 0.4) is 0 Å². The molecule has 106 valence electrons. The second kappa shape index (κ2) is 6.96. The Kier molecular flexibility index (Phi) is 5.27. The van der Waals surface area contributed by atoms with E-state index in [1.54, 1.807) is 17.3 Å². The molecule has 1 saturated heterocycles. The Hall–Kier alpha value is -1.25. The molecule has 0 spiro atoms. The minimum atomic E-state index is 1.07. The molecule has 1 fully saturated rings. The highest BCUT2D eigenvalue weighted by molar-refractivity contribution is 8.07. The quantitative estimate of drug-likeness (QED) is 0.775. The summed E-state index contributed by atoms with van der Waals surface area (Å²) >= 11 is 1.80.